The fourth-order valence-corrected chi connectivity index (χ4v) is 2.08. The van der Waals surface area contributed by atoms with Gasteiger partial charge in [0.2, 0.25) is 0 Å². The number of nitrogens with two attached hydrogens (primary N) is 1. The van der Waals surface area contributed by atoms with Crippen LogP contribution in [0.3, 0.4) is 0 Å². The molecule has 0 radical (unpaired) electrons. The van der Waals surface area contributed by atoms with Crippen molar-refractivity contribution < 1.29 is 4.52 Å². The molecule has 96 valence electrons. The Kier molecular flexibility index (Phi) is 4.03. The van der Waals surface area contributed by atoms with Crippen LogP contribution in [0.2, 0.25) is 0 Å². The summed E-state index contributed by atoms with van der Waals surface area (Å²) < 4.78 is 5.32. The fourth-order valence-electron chi connectivity index (χ4n) is 2.08. The maximum Gasteiger partial charge on any atom is 0.170 e. The van der Waals surface area contributed by atoms with E-state index in [9.17, 15) is 0 Å². The first-order valence-corrected chi connectivity index (χ1v) is 6.49. The molecule has 2 aromatic rings. The van der Waals surface area contributed by atoms with Gasteiger partial charge < -0.3 is 10.3 Å². The van der Waals surface area contributed by atoms with E-state index in [1.807, 2.05) is 0 Å². The minimum absolute atomic E-state index is 0.552. The van der Waals surface area contributed by atoms with Gasteiger partial charge in [-0.25, -0.2) is 0 Å². The van der Waals surface area contributed by atoms with Crippen LogP contribution in [-0.2, 0) is 19.3 Å². The number of nitrogens with zero attached hydrogens (tertiary/aromatic N) is 1. The van der Waals surface area contributed by atoms with Crippen LogP contribution in [0.1, 0.15) is 35.8 Å². The number of aryl methyl sites for hydroxylation is 3. The Morgan fingerprint density at radius 1 is 1.11 bits per heavy atom. The highest BCUT2D eigenvalue weighted by Gasteiger charge is 2.12. The molecular formula is C15H20N2O. The van der Waals surface area contributed by atoms with Crippen molar-refractivity contribution in [2.75, 3.05) is 5.73 Å². The minimum Gasteiger partial charge on any atom is -0.381 e. The lowest BCUT2D eigenvalue weighted by molar-refractivity contribution is 0.384. The van der Waals surface area contributed by atoms with Gasteiger partial charge in [-0.2, -0.15) is 0 Å². The first-order chi connectivity index (χ1) is 8.70. The topological polar surface area (TPSA) is 52.0 Å². The van der Waals surface area contributed by atoms with E-state index in [2.05, 4.69) is 43.3 Å². The van der Waals surface area contributed by atoms with Crippen molar-refractivity contribution in [2.24, 2.45) is 0 Å². The first-order valence-electron chi connectivity index (χ1n) is 6.49. The molecule has 0 aliphatic heterocycles. The molecule has 0 unspecified atom stereocenters. The van der Waals surface area contributed by atoms with Crippen LogP contribution in [-0.4, -0.2) is 5.16 Å². The third-order valence-corrected chi connectivity index (χ3v) is 3.16. The zero-order chi connectivity index (χ0) is 13.0. The van der Waals surface area contributed by atoms with Crippen molar-refractivity contribution >= 4 is 5.82 Å². The summed E-state index contributed by atoms with van der Waals surface area (Å²) in [6.07, 6.45) is 3.83. The van der Waals surface area contributed by atoms with Gasteiger partial charge in [0.15, 0.2) is 5.82 Å². The molecule has 0 saturated heterocycles. The number of benzene rings is 1. The first kappa shape index (κ1) is 12.7. The Balaban J connectivity index is 2.03. The van der Waals surface area contributed by atoms with Crippen molar-refractivity contribution in [3.8, 4) is 0 Å². The van der Waals surface area contributed by atoms with Crippen molar-refractivity contribution in [3.63, 3.8) is 0 Å². The molecule has 1 aromatic heterocycles. The molecule has 0 amide bonds. The van der Waals surface area contributed by atoms with Crippen LogP contribution in [0.25, 0.3) is 0 Å². The number of aromatic nitrogens is 1. The maximum absolute atomic E-state index is 5.81. The second-order valence-electron chi connectivity index (χ2n) is 4.71. The Hall–Kier alpha value is -1.77. The van der Waals surface area contributed by atoms with Crippen molar-refractivity contribution in [1.82, 2.24) is 5.16 Å². The number of anilines is 1. The summed E-state index contributed by atoms with van der Waals surface area (Å²) in [5.74, 6) is 1.49. The van der Waals surface area contributed by atoms with E-state index in [1.54, 1.807) is 0 Å². The molecule has 3 heteroatoms. The summed E-state index contributed by atoms with van der Waals surface area (Å²) in [7, 11) is 0. The van der Waals surface area contributed by atoms with E-state index in [1.165, 1.54) is 11.1 Å². The van der Waals surface area contributed by atoms with E-state index in [4.69, 9.17) is 10.3 Å². The van der Waals surface area contributed by atoms with Gasteiger partial charge in [0.05, 0.1) is 0 Å². The summed E-state index contributed by atoms with van der Waals surface area (Å²) >= 11 is 0. The lowest BCUT2D eigenvalue weighted by Gasteiger charge is -2.02. The number of hydrogen-bond donors (Lipinski definition) is 1. The molecule has 0 aliphatic rings. The third-order valence-electron chi connectivity index (χ3n) is 3.16. The Morgan fingerprint density at radius 2 is 1.83 bits per heavy atom. The number of nitrogen functional groups attached to an aromatic ring is 1. The molecule has 0 aliphatic carbocycles. The highest BCUT2D eigenvalue weighted by atomic mass is 16.5. The van der Waals surface area contributed by atoms with Gasteiger partial charge in [-0.3, -0.25) is 0 Å². The van der Waals surface area contributed by atoms with Crippen LogP contribution >= 0.6 is 0 Å². The highest BCUT2D eigenvalue weighted by Crippen LogP contribution is 2.20. The predicted octanol–water partition coefficient (Wildman–Crippen LogP) is 3.30. The van der Waals surface area contributed by atoms with Gasteiger partial charge in [-0.1, -0.05) is 48.3 Å². The summed E-state index contributed by atoms with van der Waals surface area (Å²) in [6, 6.07) is 8.59. The van der Waals surface area contributed by atoms with Gasteiger partial charge in [0.1, 0.15) is 5.76 Å². The van der Waals surface area contributed by atoms with E-state index < -0.39 is 0 Å². The molecular weight excluding hydrogens is 224 g/mol. The average Bonchev–Trinajstić information content (AvgIpc) is 2.71. The average molecular weight is 244 g/mol. The van der Waals surface area contributed by atoms with Gasteiger partial charge >= 0.3 is 0 Å². The fraction of sp³-hybridized carbons (Fsp3) is 0.400. The smallest absolute Gasteiger partial charge is 0.170 e. The SMILES string of the molecule is CCCc1c(N)noc1CCc1ccc(C)cc1. The normalized spacial score (nSPS) is 10.8. The lowest BCUT2D eigenvalue weighted by Crippen LogP contribution is -1.97. The van der Waals surface area contributed by atoms with E-state index in [-0.39, 0.29) is 0 Å². The van der Waals surface area contributed by atoms with Gasteiger partial charge in [-0.15, -0.1) is 0 Å². The molecule has 3 nitrogen and oxygen atoms in total. The molecule has 1 heterocycles. The van der Waals surface area contributed by atoms with Crippen LogP contribution in [0.5, 0.6) is 0 Å². The standard InChI is InChI=1S/C15H20N2O/c1-3-4-13-14(18-17-15(13)16)10-9-12-7-5-11(2)6-8-12/h5-8H,3-4,9-10H2,1-2H3,(H2,16,17). The van der Waals surface area contributed by atoms with Gasteiger partial charge in [-0.05, 0) is 25.3 Å². The Labute approximate surface area is 108 Å². The van der Waals surface area contributed by atoms with E-state index in [0.717, 1.165) is 37.0 Å². The maximum atomic E-state index is 5.81. The largest absolute Gasteiger partial charge is 0.381 e. The zero-order valence-electron chi connectivity index (χ0n) is 11.1. The van der Waals surface area contributed by atoms with Crippen molar-refractivity contribution in [1.29, 1.82) is 0 Å². The van der Waals surface area contributed by atoms with E-state index >= 15 is 0 Å². The van der Waals surface area contributed by atoms with E-state index in [0.29, 0.717) is 5.82 Å². The monoisotopic (exact) mass is 244 g/mol. The Morgan fingerprint density at radius 3 is 2.50 bits per heavy atom. The van der Waals surface area contributed by atoms with Crippen LogP contribution in [0, 0.1) is 6.92 Å². The third kappa shape index (κ3) is 2.92. The molecule has 0 saturated carbocycles. The van der Waals surface area contributed by atoms with Crippen LogP contribution in [0.4, 0.5) is 5.82 Å². The number of hydrogen-bond acceptors (Lipinski definition) is 3. The van der Waals surface area contributed by atoms with Crippen LogP contribution < -0.4 is 5.73 Å². The molecule has 2 N–H and O–H groups in total. The second-order valence-corrected chi connectivity index (χ2v) is 4.71. The summed E-state index contributed by atoms with van der Waals surface area (Å²) in [6.45, 7) is 4.23. The molecule has 1 aromatic carbocycles. The van der Waals surface area contributed by atoms with Crippen molar-refractivity contribution in [2.45, 2.75) is 39.5 Å². The van der Waals surface area contributed by atoms with Gasteiger partial charge in [0.25, 0.3) is 0 Å². The molecule has 0 spiro atoms. The summed E-state index contributed by atoms with van der Waals surface area (Å²) in [4.78, 5) is 0. The van der Waals surface area contributed by atoms with Crippen LogP contribution in [0.15, 0.2) is 28.8 Å². The zero-order valence-corrected chi connectivity index (χ0v) is 11.1. The lowest BCUT2D eigenvalue weighted by atomic mass is 10.0. The molecule has 0 fully saturated rings. The second kappa shape index (κ2) is 5.71. The minimum atomic E-state index is 0.552. The van der Waals surface area contributed by atoms with Crippen molar-refractivity contribution in [3.05, 3.63) is 46.7 Å². The molecule has 2 rings (SSSR count). The summed E-state index contributed by atoms with van der Waals surface area (Å²) in [5.41, 5.74) is 9.50. The quantitative estimate of drug-likeness (QED) is 0.878. The number of rotatable bonds is 5. The predicted molar refractivity (Wildman–Crippen MR) is 73.5 cm³/mol. The summed E-state index contributed by atoms with van der Waals surface area (Å²) in [5, 5.41) is 3.86. The molecule has 0 atom stereocenters. The molecule has 18 heavy (non-hydrogen) atoms. The highest BCUT2D eigenvalue weighted by molar-refractivity contribution is 5.40. The molecule has 0 bridgehead atoms. The van der Waals surface area contributed by atoms with Gasteiger partial charge in [0, 0.05) is 12.0 Å². The Bertz CT molecular complexity index is 500.